The molecule has 22 nitrogen and oxygen atoms in total. The largest absolute Gasteiger partial charge is 0.391 e. The highest BCUT2D eigenvalue weighted by molar-refractivity contribution is 7.13. The highest BCUT2D eigenvalue weighted by Crippen LogP contribution is 2.31. The molecule has 3 amide bonds. The van der Waals surface area contributed by atoms with Gasteiger partial charge in [0.2, 0.25) is 23.7 Å². The summed E-state index contributed by atoms with van der Waals surface area (Å²) < 4.78 is 64.3. The summed E-state index contributed by atoms with van der Waals surface area (Å²) >= 11 is 8.05. The van der Waals surface area contributed by atoms with Crippen LogP contribution in [-0.2, 0) is 61.8 Å². The fourth-order valence-corrected chi connectivity index (χ4v) is 9.59. The minimum atomic E-state index is -1.42. The van der Waals surface area contributed by atoms with Crippen LogP contribution in [0.5, 0.6) is 0 Å². The highest BCUT2D eigenvalue weighted by atomic mass is 35.5. The number of amides is 3. The lowest BCUT2D eigenvalue weighted by Gasteiger charge is -2.35. The minimum Gasteiger partial charge on any atom is -0.391 e. The molecular weight excluding hydrogens is 1060 g/mol. The van der Waals surface area contributed by atoms with E-state index in [-0.39, 0.29) is 88.0 Å². The molecule has 7 aromatic rings. The van der Waals surface area contributed by atoms with Crippen molar-refractivity contribution >= 4 is 63.2 Å². The van der Waals surface area contributed by atoms with Crippen molar-refractivity contribution in [3.8, 4) is 10.4 Å². The molecule has 27 heteroatoms. The molecule has 1 fully saturated rings. The van der Waals surface area contributed by atoms with Crippen LogP contribution in [0.2, 0.25) is 5.02 Å². The Morgan fingerprint density at radius 1 is 0.923 bits per heavy atom. The number of aliphatic hydroxyl groups is 1. The number of rotatable bonds is 23. The first-order valence-electron chi connectivity index (χ1n) is 24.6. The van der Waals surface area contributed by atoms with Gasteiger partial charge in [0.15, 0.2) is 11.6 Å². The summed E-state index contributed by atoms with van der Waals surface area (Å²) in [5.74, 6) is -5.72. The number of anilines is 2. The summed E-state index contributed by atoms with van der Waals surface area (Å²) in [5.41, 5.74) is 2.43. The van der Waals surface area contributed by atoms with E-state index in [4.69, 9.17) is 25.8 Å². The quantitative estimate of drug-likeness (QED) is 0.0520. The Morgan fingerprint density at radius 2 is 1.64 bits per heavy atom. The number of thiazole rings is 1. The third kappa shape index (κ3) is 14.0. The molecule has 0 unspecified atom stereocenters. The van der Waals surface area contributed by atoms with Gasteiger partial charge in [-0.2, -0.15) is 10.1 Å². The monoisotopic (exact) mass is 1120 g/mol. The van der Waals surface area contributed by atoms with Crippen molar-refractivity contribution in [3.63, 3.8) is 0 Å². The summed E-state index contributed by atoms with van der Waals surface area (Å²) in [6.07, 6.45) is 2.33. The van der Waals surface area contributed by atoms with Gasteiger partial charge in [0, 0.05) is 49.8 Å². The van der Waals surface area contributed by atoms with E-state index in [1.165, 1.54) is 15.8 Å². The number of nitrogens with one attached hydrogen (secondary N) is 3. The number of carbonyl (C=O) groups is 3. The molecule has 414 valence electrons. The zero-order chi connectivity index (χ0) is 55.8. The zero-order valence-electron chi connectivity index (χ0n) is 43.2. The molecule has 0 radical (unpaired) electrons. The number of β-amino-alcohol motifs (C(OH)–C–C–N with tert-alkyl or cyclic N) is 1. The summed E-state index contributed by atoms with van der Waals surface area (Å²) in [6, 6.07) is 9.92. The number of aliphatic hydroxyl groups excluding tert-OH is 1. The van der Waals surface area contributed by atoms with Crippen molar-refractivity contribution in [2.75, 3.05) is 51.5 Å². The molecule has 3 atom stereocenters. The molecule has 0 saturated carbocycles. The zero-order valence-corrected chi connectivity index (χ0v) is 44.7. The number of ether oxygens (including phenoxy) is 3. The summed E-state index contributed by atoms with van der Waals surface area (Å²) in [4.78, 5) is 78.6. The van der Waals surface area contributed by atoms with E-state index >= 15 is 0 Å². The van der Waals surface area contributed by atoms with Crippen LogP contribution in [-0.4, -0.2) is 136 Å². The van der Waals surface area contributed by atoms with Gasteiger partial charge in [0.1, 0.15) is 30.2 Å². The molecule has 0 spiro atoms. The van der Waals surface area contributed by atoms with Crippen LogP contribution in [0.15, 0.2) is 76.0 Å². The first-order chi connectivity index (χ1) is 37.2. The fourth-order valence-electron chi connectivity index (χ4n) is 8.57. The summed E-state index contributed by atoms with van der Waals surface area (Å²) in [7, 11) is 1.71. The first kappa shape index (κ1) is 56.8. The Bertz CT molecular complexity index is 3420. The van der Waals surface area contributed by atoms with Crippen LogP contribution in [0.1, 0.15) is 49.7 Å². The number of likely N-dealkylation sites (tertiary alicyclic amines) is 1. The number of aromatic nitrogens is 9. The maximum Gasteiger partial charge on any atom is 0.355 e. The van der Waals surface area contributed by atoms with Gasteiger partial charge in [0.25, 0.3) is 0 Å². The number of aryl methyl sites for hydroxylation is 2. The Kier molecular flexibility index (Phi) is 18.2. The van der Waals surface area contributed by atoms with Crippen LogP contribution in [0.3, 0.4) is 0 Å². The lowest BCUT2D eigenvalue weighted by Crippen LogP contribution is -2.58. The number of benzene rings is 3. The van der Waals surface area contributed by atoms with Gasteiger partial charge in [-0.3, -0.25) is 23.6 Å². The van der Waals surface area contributed by atoms with Gasteiger partial charge < -0.3 is 40.2 Å². The normalized spacial score (nSPS) is 15.0. The maximum atomic E-state index is 14.9. The topological polar surface area (TPSA) is 257 Å². The standard InChI is InChI=1S/C51H57ClF3N13O9S/c1-29-44(78-28-57-29)31-8-6-30(7-9-31)21-56-46(71)42-18-35(69)26-66(42)47(72)45(51(2,3)4)59-43(70)27-77-15-14-76-13-12-75-11-10-65-24-34(61-63-65)25-68-49(73)60-48(58-41-17-33-22-64(5)62-40(33)19-36(41)52)67(50(68)74)23-32-16-38(54)39(55)20-37(32)53/h6-9,16-17,19-20,22,24,28,35,42,45,69H,10-15,18,21,23,25-27H2,1-5H3,(H,56,71)(H,59,70)(H,58,60,73)/t35-,42+,45-/m1/s1. The Hall–Kier alpha value is -7.36. The van der Waals surface area contributed by atoms with E-state index in [2.05, 4.69) is 41.3 Å². The Labute approximate surface area is 453 Å². The molecular formula is C51H57ClF3N13O9S. The molecule has 0 aliphatic carbocycles. The van der Waals surface area contributed by atoms with Crippen molar-refractivity contribution in [1.82, 2.24) is 59.4 Å². The van der Waals surface area contributed by atoms with Gasteiger partial charge in [-0.05, 0) is 41.7 Å². The second-order valence-electron chi connectivity index (χ2n) is 19.5. The predicted octanol–water partition coefficient (Wildman–Crippen LogP) is 4.08. The molecule has 1 saturated heterocycles. The Balaban J connectivity index is 0.763. The second-order valence-corrected chi connectivity index (χ2v) is 20.8. The summed E-state index contributed by atoms with van der Waals surface area (Å²) in [6.45, 7) is 6.97. The SMILES string of the molecule is Cc1ncsc1-c1ccc(CNC(=O)[C@@H]2C[C@@H](O)CN2C(=O)[C@@H](NC(=O)COCCOCCOCCn2cc(Cn3c(=O)nc(Nc4cc5cn(C)nc5cc4Cl)n(Cc4cc(F)c(F)cc4F)c3=O)nn2)C(C)(C)C)cc1. The fraction of sp³-hybridized carbons (Fsp3) is 0.412. The third-order valence-electron chi connectivity index (χ3n) is 12.6. The summed E-state index contributed by atoms with van der Waals surface area (Å²) in [5, 5.41) is 32.3. The van der Waals surface area contributed by atoms with E-state index < -0.39 is 88.8 Å². The van der Waals surface area contributed by atoms with Gasteiger partial charge in [-0.1, -0.05) is 61.9 Å². The van der Waals surface area contributed by atoms with Crippen LogP contribution in [0.25, 0.3) is 21.3 Å². The van der Waals surface area contributed by atoms with Crippen molar-refractivity contribution < 1.29 is 46.9 Å². The third-order valence-corrected chi connectivity index (χ3v) is 13.9. The smallest absolute Gasteiger partial charge is 0.355 e. The van der Waals surface area contributed by atoms with Crippen molar-refractivity contribution in [2.24, 2.45) is 12.5 Å². The van der Waals surface area contributed by atoms with Gasteiger partial charge in [0.05, 0.1) is 97.3 Å². The van der Waals surface area contributed by atoms with Crippen LogP contribution >= 0.6 is 22.9 Å². The van der Waals surface area contributed by atoms with Gasteiger partial charge >= 0.3 is 11.4 Å². The number of nitrogens with zero attached hydrogens (tertiary/aromatic N) is 10. The number of hydrogen-bond donors (Lipinski definition) is 4. The average molecular weight is 1120 g/mol. The van der Waals surface area contributed by atoms with E-state index in [1.807, 2.05) is 31.2 Å². The molecule has 0 bridgehead atoms. The van der Waals surface area contributed by atoms with Crippen LogP contribution in [0.4, 0.5) is 24.8 Å². The van der Waals surface area contributed by atoms with E-state index in [0.717, 1.165) is 30.8 Å². The molecule has 8 rings (SSSR count). The van der Waals surface area contributed by atoms with Crippen molar-refractivity contribution in [3.05, 3.63) is 132 Å². The Morgan fingerprint density at radius 3 is 2.36 bits per heavy atom. The molecule has 4 aromatic heterocycles. The first-order valence-corrected chi connectivity index (χ1v) is 25.9. The maximum absolute atomic E-state index is 14.9. The predicted molar refractivity (Wildman–Crippen MR) is 280 cm³/mol. The lowest BCUT2D eigenvalue weighted by atomic mass is 9.85. The van der Waals surface area contributed by atoms with E-state index in [1.54, 1.807) is 67.7 Å². The second kappa shape index (κ2) is 25.0. The van der Waals surface area contributed by atoms with E-state index in [0.29, 0.717) is 23.0 Å². The molecule has 78 heavy (non-hydrogen) atoms. The highest BCUT2D eigenvalue weighted by Gasteiger charge is 2.44. The average Bonchev–Trinajstić information content (AvgIpc) is 4.28. The van der Waals surface area contributed by atoms with Crippen LogP contribution < -0.4 is 27.3 Å². The van der Waals surface area contributed by atoms with Crippen LogP contribution in [0, 0.1) is 29.8 Å². The molecule has 5 heterocycles. The van der Waals surface area contributed by atoms with Crippen molar-refractivity contribution in [2.45, 2.75) is 78.5 Å². The number of fused-ring (bicyclic) bond motifs is 1. The number of hydrogen-bond acceptors (Lipinski definition) is 16. The number of halogens is 4. The molecule has 4 N–H and O–H groups in total. The van der Waals surface area contributed by atoms with Gasteiger partial charge in [-0.15, -0.1) is 16.4 Å². The number of carbonyl (C=O) groups excluding carboxylic acids is 3. The minimum absolute atomic E-state index is 0.0542. The van der Waals surface area contributed by atoms with Crippen molar-refractivity contribution in [1.29, 1.82) is 0 Å². The molecule has 1 aliphatic heterocycles. The lowest BCUT2D eigenvalue weighted by molar-refractivity contribution is -0.144. The molecule has 3 aromatic carbocycles. The molecule has 1 aliphatic rings. The van der Waals surface area contributed by atoms with E-state index in [9.17, 15) is 42.3 Å². The van der Waals surface area contributed by atoms with Gasteiger partial charge in [-0.25, -0.2) is 37.0 Å².